The van der Waals surface area contributed by atoms with Gasteiger partial charge in [0.1, 0.15) is 5.56 Å². The summed E-state index contributed by atoms with van der Waals surface area (Å²) < 4.78 is 4.91. The van der Waals surface area contributed by atoms with Gasteiger partial charge < -0.3 is 4.74 Å². The largest absolute Gasteiger partial charge is 0.329 e. The van der Waals surface area contributed by atoms with Crippen molar-refractivity contribution in [3.05, 3.63) is 0 Å². The first-order valence-corrected chi connectivity index (χ1v) is 4.13. The molecule has 1 nitrogen and oxygen atoms in total. The SMILES string of the molecule is CC[SH]=COC(C)Cl. The molecule has 0 aliphatic carbocycles. The Bertz CT molecular complexity index is 72.8. The summed E-state index contributed by atoms with van der Waals surface area (Å²) in [6.45, 7) is 3.88. The molecule has 0 saturated carbocycles. The fourth-order valence-electron chi connectivity index (χ4n) is 0.201. The van der Waals surface area contributed by atoms with Crippen molar-refractivity contribution in [2.75, 3.05) is 5.75 Å². The van der Waals surface area contributed by atoms with Gasteiger partial charge in [-0.1, -0.05) is 18.5 Å². The molecule has 0 bridgehead atoms. The van der Waals surface area contributed by atoms with Crippen molar-refractivity contribution in [2.45, 2.75) is 19.4 Å². The van der Waals surface area contributed by atoms with E-state index in [4.69, 9.17) is 16.3 Å². The Labute approximate surface area is 58.9 Å². The van der Waals surface area contributed by atoms with Gasteiger partial charge in [-0.2, -0.15) is 11.4 Å². The Morgan fingerprint density at radius 3 is 2.88 bits per heavy atom. The predicted octanol–water partition coefficient (Wildman–Crippen LogP) is 1.83. The topological polar surface area (TPSA) is 9.23 Å². The summed E-state index contributed by atoms with van der Waals surface area (Å²) in [5.74, 6) is 1.09. The minimum Gasteiger partial charge on any atom is -0.329 e. The number of hydrogen-bond donors (Lipinski definition) is 1. The van der Waals surface area contributed by atoms with Gasteiger partial charge in [0.2, 0.25) is 0 Å². The normalized spacial score (nSPS) is 15.9. The predicted molar refractivity (Wildman–Crippen MR) is 42.0 cm³/mol. The fraction of sp³-hybridized carbons (Fsp3) is 0.800. The third kappa shape index (κ3) is 6.47. The molecular weight excluding hydrogens is 144 g/mol. The Balaban J connectivity index is 3.03. The van der Waals surface area contributed by atoms with Crippen LogP contribution in [0.2, 0.25) is 0 Å². The van der Waals surface area contributed by atoms with Crippen LogP contribution in [-0.2, 0) is 4.74 Å². The van der Waals surface area contributed by atoms with Gasteiger partial charge in [0.25, 0.3) is 0 Å². The van der Waals surface area contributed by atoms with Gasteiger partial charge in [0.05, 0.1) is 5.55 Å². The van der Waals surface area contributed by atoms with Crippen LogP contribution in [0.3, 0.4) is 0 Å². The summed E-state index contributed by atoms with van der Waals surface area (Å²) in [5.41, 5.74) is 1.53. The molecule has 0 fully saturated rings. The summed E-state index contributed by atoms with van der Waals surface area (Å²) in [7, 11) is 0. The van der Waals surface area contributed by atoms with Crippen LogP contribution in [0, 0.1) is 0 Å². The average Bonchev–Trinajstić information content (AvgIpc) is 1.66. The number of thiol groups is 1. The molecule has 0 heterocycles. The van der Waals surface area contributed by atoms with Gasteiger partial charge in [0, 0.05) is 0 Å². The summed E-state index contributed by atoms with van der Waals surface area (Å²) in [4.78, 5) is 0. The van der Waals surface area contributed by atoms with E-state index < -0.39 is 0 Å². The van der Waals surface area contributed by atoms with E-state index in [1.54, 1.807) is 12.5 Å². The number of hydrogen-bond acceptors (Lipinski definition) is 1. The van der Waals surface area contributed by atoms with Gasteiger partial charge >= 0.3 is 0 Å². The van der Waals surface area contributed by atoms with E-state index in [0.717, 1.165) is 5.75 Å². The maximum atomic E-state index is 5.46. The first-order valence-electron chi connectivity index (χ1n) is 2.55. The van der Waals surface area contributed by atoms with Crippen LogP contribution in [0.25, 0.3) is 0 Å². The molecule has 3 heteroatoms. The minimum absolute atomic E-state index is 0.186. The second-order valence-corrected chi connectivity index (χ2v) is 3.11. The van der Waals surface area contributed by atoms with Gasteiger partial charge in [-0.3, -0.25) is 0 Å². The van der Waals surface area contributed by atoms with Gasteiger partial charge in [-0.15, -0.1) is 0 Å². The number of rotatable bonds is 3. The van der Waals surface area contributed by atoms with Crippen molar-refractivity contribution in [2.24, 2.45) is 0 Å². The number of ether oxygens (including phenoxy) is 1. The number of alkyl halides is 1. The second-order valence-electron chi connectivity index (χ2n) is 1.28. The molecule has 0 amide bonds. The quantitative estimate of drug-likeness (QED) is 0.371. The van der Waals surface area contributed by atoms with Crippen LogP contribution in [0.15, 0.2) is 0 Å². The van der Waals surface area contributed by atoms with E-state index in [0.29, 0.717) is 0 Å². The van der Waals surface area contributed by atoms with Gasteiger partial charge in [0.15, 0.2) is 0 Å². The number of halogens is 1. The molecular formula is C5H11ClOS. The maximum Gasteiger partial charge on any atom is 0.134 e. The minimum atomic E-state index is -0.186. The van der Waals surface area contributed by atoms with E-state index in [9.17, 15) is 0 Å². The summed E-state index contributed by atoms with van der Waals surface area (Å²) in [6.07, 6.45) is 0. The molecule has 0 saturated heterocycles. The third-order valence-electron chi connectivity index (χ3n) is 0.505. The zero-order chi connectivity index (χ0) is 6.41. The Hall–Kier alpha value is 0.470. The van der Waals surface area contributed by atoms with E-state index in [1.807, 2.05) is 0 Å². The maximum absolute atomic E-state index is 5.46. The molecule has 1 unspecified atom stereocenters. The summed E-state index contributed by atoms with van der Waals surface area (Å²) in [5, 5.41) is 0. The standard InChI is InChI=1S/C5H11ClOS/c1-3-8-4-7-5(2)6/h4-5,8H,3H2,1-2H3. The molecule has 0 aromatic carbocycles. The molecule has 0 aliphatic heterocycles. The fourth-order valence-corrected chi connectivity index (χ4v) is 0.742. The summed E-state index contributed by atoms with van der Waals surface area (Å²) >= 11 is 6.65. The van der Waals surface area contributed by atoms with Gasteiger partial charge in [-0.25, -0.2) is 0 Å². The Kier molecular flexibility index (Phi) is 5.93. The highest BCUT2D eigenvalue weighted by molar-refractivity contribution is 7.97. The van der Waals surface area contributed by atoms with E-state index in [1.165, 1.54) is 11.4 Å². The van der Waals surface area contributed by atoms with E-state index in [2.05, 4.69) is 6.92 Å². The van der Waals surface area contributed by atoms with Crippen LogP contribution in [-0.4, -0.2) is 16.9 Å². The van der Waals surface area contributed by atoms with E-state index >= 15 is 0 Å². The molecule has 0 aromatic rings. The highest BCUT2D eigenvalue weighted by atomic mass is 35.5. The van der Waals surface area contributed by atoms with Crippen LogP contribution in [0.4, 0.5) is 0 Å². The van der Waals surface area contributed by atoms with Crippen LogP contribution in [0.5, 0.6) is 0 Å². The lowest BCUT2D eigenvalue weighted by atomic mass is 10.9. The average molecular weight is 155 g/mol. The zero-order valence-corrected chi connectivity index (χ0v) is 6.75. The van der Waals surface area contributed by atoms with Crippen molar-refractivity contribution < 1.29 is 4.74 Å². The van der Waals surface area contributed by atoms with Crippen LogP contribution < -0.4 is 0 Å². The highest BCUT2D eigenvalue weighted by Gasteiger charge is 1.86. The lowest BCUT2D eigenvalue weighted by molar-refractivity contribution is 0.309. The highest BCUT2D eigenvalue weighted by Crippen LogP contribution is 1.93. The first kappa shape index (κ1) is 8.47. The molecule has 0 aliphatic rings. The smallest absolute Gasteiger partial charge is 0.134 e. The monoisotopic (exact) mass is 154 g/mol. The summed E-state index contributed by atoms with van der Waals surface area (Å²) in [6, 6.07) is 0. The molecule has 0 spiro atoms. The van der Waals surface area contributed by atoms with Gasteiger partial charge in [-0.05, 0) is 12.7 Å². The molecule has 0 rings (SSSR count). The molecule has 0 aromatic heterocycles. The van der Waals surface area contributed by atoms with Crippen LogP contribution in [0.1, 0.15) is 13.8 Å². The lowest BCUT2D eigenvalue weighted by Gasteiger charge is -1.95. The first-order chi connectivity index (χ1) is 3.77. The molecule has 8 heavy (non-hydrogen) atoms. The molecule has 50 valence electrons. The van der Waals surface area contributed by atoms with Crippen molar-refractivity contribution in [1.82, 2.24) is 0 Å². The van der Waals surface area contributed by atoms with Crippen molar-refractivity contribution in [3.8, 4) is 0 Å². The lowest BCUT2D eigenvalue weighted by Crippen LogP contribution is -1.94. The zero-order valence-electron chi connectivity index (χ0n) is 5.10. The van der Waals surface area contributed by atoms with Crippen molar-refractivity contribution in [1.29, 1.82) is 0 Å². The van der Waals surface area contributed by atoms with Crippen LogP contribution >= 0.6 is 23.0 Å². The molecule has 0 radical (unpaired) electrons. The molecule has 1 atom stereocenters. The van der Waals surface area contributed by atoms with Crippen molar-refractivity contribution in [3.63, 3.8) is 0 Å². The van der Waals surface area contributed by atoms with Crippen molar-refractivity contribution >= 4 is 28.5 Å². The second kappa shape index (κ2) is 5.60. The van der Waals surface area contributed by atoms with E-state index in [-0.39, 0.29) is 5.56 Å². The Morgan fingerprint density at radius 2 is 2.50 bits per heavy atom. The Morgan fingerprint density at radius 1 is 1.88 bits per heavy atom. The molecule has 0 N–H and O–H groups in total. The third-order valence-corrected chi connectivity index (χ3v) is 1.24.